The number of hydrogen-bond donors (Lipinski definition) is 2. The van der Waals surface area contributed by atoms with Crippen LogP contribution in [0.2, 0.25) is 0 Å². The normalized spacial score (nSPS) is 18.3. The summed E-state index contributed by atoms with van der Waals surface area (Å²) in [4.78, 5) is 30.9. The molecule has 2 aromatic heterocycles. The number of alkyl halides is 4. The molecule has 4 rings (SSSR count). The molecule has 198 valence electrons. The molecule has 13 heteroatoms. The summed E-state index contributed by atoms with van der Waals surface area (Å²) in [6, 6.07) is 3.02. The van der Waals surface area contributed by atoms with Gasteiger partial charge in [-0.1, -0.05) is 6.92 Å². The van der Waals surface area contributed by atoms with Crippen molar-refractivity contribution in [1.29, 1.82) is 0 Å². The lowest BCUT2D eigenvalue weighted by Crippen LogP contribution is -2.44. The largest absolute Gasteiger partial charge is 0.403 e. The Labute approximate surface area is 206 Å². The van der Waals surface area contributed by atoms with Gasteiger partial charge in [-0.15, -0.1) is 0 Å². The number of piperidine rings is 1. The molecule has 2 N–H and O–H groups in total. The van der Waals surface area contributed by atoms with Crippen molar-refractivity contribution in [3.05, 3.63) is 63.9 Å². The topological polar surface area (TPSA) is 87.5 Å². The van der Waals surface area contributed by atoms with E-state index in [1.165, 1.54) is 24.0 Å². The number of halogens is 6. The molecule has 0 bridgehead atoms. The van der Waals surface area contributed by atoms with Crippen molar-refractivity contribution in [2.24, 2.45) is 0 Å². The van der Waals surface area contributed by atoms with Crippen molar-refractivity contribution in [3.8, 4) is 5.69 Å². The third kappa shape index (κ3) is 5.32. The maximum absolute atomic E-state index is 14.8. The molecule has 1 aliphatic heterocycles. The molecule has 0 radical (unpaired) electrons. The average Bonchev–Trinajstić information content (AvgIpc) is 2.84. The van der Waals surface area contributed by atoms with Crippen LogP contribution in [0, 0.1) is 11.6 Å². The number of aromatic nitrogens is 2. The molecule has 0 saturated carbocycles. The highest BCUT2D eigenvalue weighted by atomic mass is 19.4. The first-order chi connectivity index (χ1) is 17.4. The lowest BCUT2D eigenvalue weighted by molar-refractivity contribution is -0.164. The Kier molecular flexibility index (Phi) is 7.29. The fraction of sp³-hybridized carbons (Fsp3) is 0.375. The molecule has 1 aromatic carbocycles. The van der Waals surface area contributed by atoms with Crippen LogP contribution in [0.15, 0.2) is 41.3 Å². The van der Waals surface area contributed by atoms with Crippen LogP contribution in [0.4, 0.5) is 32.2 Å². The predicted molar refractivity (Wildman–Crippen MR) is 122 cm³/mol. The highest BCUT2D eigenvalue weighted by molar-refractivity contribution is 5.89. The summed E-state index contributed by atoms with van der Waals surface area (Å²) in [7, 11) is 0. The third-order valence-corrected chi connectivity index (χ3v) is 6.16. The van der Waals surface area contributed by atoms with Crippen molar-refractivity contribution in [2.75, 3.05) is 18.0 Å². The lowest BCUT2D eigenvalue weighted by Gasteiger charge is -2.29. The van der Waals surface area contributed by atoms with Gasteiger partial charge in [0, 0.05) is 25.2 Å². The minimum absolute atomic E-state index is 0.0768. The van der Waals surface area contributed by atoms with E-state index in [1.54, 1.807) is 0 Å². The molecule has 1 aliphatic rings. The minimum Gasteiger partial charge on any atom is -0.374 e. The minimum atomic E-state index is -4.71. The van der Waals surface area contributed by atoms with E-state index in [9.17, 15) is 41.0 Å². The molecule has 7 nitrogen and oxygen atoms in total. The highest BCUT2D eigenvalue weighted by Gasteiger charge is 2.39. The fourth-order valence-corrected chi connectivity index (χ4v) is 4.16. The second-order valence-electron chi connectivity index (χ2n) is 8.64. The predicted octanol–water partition coefficient (Wildman–Crippen LogP) is 3.70. The maximum atomic E-state index is 14.8. The summed E-state index contributed by atoms with van der Waals surface area (Å²) >= 11 is 0. The van der Waals surface area contributed by atoms with Crippen molar-refractivity contribution in [1.82, 2.24) is 14.9 Å². The van der Waals surface area contributed by atoms with Gasteiger partial charge in [0.25, 0.3) is 0 Å². The van der Waals surface area contributed by atoms with Gasteiger partial charge in [-0.25, -0.2) is 18.2 Å². The first-order valence-corrected chi connectivity index (χ1v) is 11.3. The van der Waals surface area contributed by atoms with E-state index in [4.69, 9.17) is 0 Å². The van der Waals surface area contributed by atoms with E-state index < -0.39 is 59.4 Å². The zero-order valence-electron chi connectivity index (χ0n) is 19.4. The lowest BCUT2D eigenvalue weighted by atomic mass is 10.1. The van der Waals surface area contributed by atoms with Gasteiger partial charge in [-0.3, -0.25) is 19.5 Å². The molecule has 3 heterocycles. The number of anilines is 1. The molecule has 1 saturated heterocycles. The molecule has 0 spiro atoms. The van der Waals surface area contributed by atoms with Crippen molar-refractivity contribution in [3.63, 3.8) is 0 Å². The van der Waals surface area contributed by atoms with Crippen LogP contribution in [-0.2, 0) is 4.79 Å². The first-order valence-electron chi connectivity index (χ1n) is 11.3. The Bertz CT molecular complexity index is 1390. The summed E-state index contributed by atoms with van der Waals surface area (Å²) in [6.45, 7) is 1.09. The fourth-order valence-electron chi connectivity index (χ4n) is 4.16. The molecule has 1 fully saturated rings. The number of fused-ring (bicyclic) bond motifs is 1. The number of nitrogens with one attached hydrogen (secondary N) is 1. The number of carbonyl (C=O) groups is 1. The molecular weight excluding hydrogens is 506 g/mol. The Morgan fingerprint density at radius 3 is 2.54 bits per heavy atom. The van der Waals surface area contributed by atoms with Crippen LogP contribution in [0.1, 0.15) is 31.6 Å². The summed E-state index contributed by atoms with van der Waals surface area (Å²) < 4.78 is 82.8. The second-order valence-corrected chi connectivity index (χ2v) is 8.64. The molecule has 3 aromatic rings. The van der Waals surface area contributed by atoms with Gasteiger partial charge in [0.15, 0.2) is 23.0 Å². The van der Waals surface area contributed by atoms with Gasteiger partial charge in [-0.05, 0) is 30.7 Å². The quantitative estimate of drug-likeness (QED) is 0.375. The summed E-state index contributed by atoms with van der Waals surface area (Å²) in [5, 5.41) is 12.3. The molecule has 3 atom stereocenters. The van der Waals surface area contributed by atoms with Gasteiger partial charge in [0.05, 0.1) is 23.2 Å². The molecule has 0 aliphatic carbocycles. The number of aliphatic hydroxyl groups is 1. The van der Waals surface area contributed by atoms with Crippen LogP contribution in [0.25, 0.3) is 16.7 Å². The zero-order chi connectivity index (χ0) is 27.1. The molecular formula is C24H22F6N4O3. The maximum Gasteiger partial charge on any atom is 0.403 e. The van der Waals surface area contributed by atoms with E-state index >= 15 is 0 Å². The Morgan fingerprint density at radius 1 is 1.19 bits per heavy atom. The number of benzene rings is 1. The average molecular weight is 528 g/mol. The number of rotatable bonds is 6. The SMILES string of the molecule is CCC(NC(O)c1cn(-c2ccc(F)cc2F)c2nc(N3CC[C@@H](F)C(=O)C3)ccc2c1=O)C(F)(F)F. The van der Waals surface area contributed by atoms with Crippen molar-refractivity contribution >= 4 is 22.6 Å². The molecule has 37 heavy (non-hydrogen) atoms. The van der Waals surface area contributed by atoms with Crippen LogP contribution in [-0.4, -0.2) is 51.9 Å². The van der Waals surface area contributed by atoms with Gasteiger partial charge in [-0.2, -0.15) is 13.2 Å². The number of carbonyl (C=O) groups excluding carboxylic acids is 1. The zero-order valence-corrected chi connectivity index (χ0v) is 19.4. The standard InChI is InChI=1S/C24H22F6N4O3/c1-2-19(24(28,29)30)31-23(37)14-10-34(17-5-3-12(25)9-16(17)27)22-13(21(14)36)4-6-20(32-22)33-8-7-15(26)18(35)11-33/h3-6,9-10,15,19,23,31,37H,2,7-8,11H2,1H3/t15-,19?,23?/m1/s1. The molecule has 2 unspecified atom stereocenters. The summed E-state index contributed by atoms with van der Waals surface area (Å²) in [5.41, 5.74) is -1.86. The first kappa shape index (κ1) is 26.6. The Hall–Kier alpha value is -3.45. The van der Waals surface area contributed by atoms with Crippen molar-refractivity contribution < 1.29 is 36.2 Å². The van der Waals surface area contributed by atoms with Crippen LogP contribution in [0.3, 0.4) is 0 Å². The number of Topliss-reactive ketones (excluding diaryl/α,β-unsaturated/α-hetero) is 1. The van der Waals surface area contributed by atoms with Crippen molar-refractivity contribution in [2.45, 2.75) is 44.4 Å². The Balaban J connectivity index is 1.88. The highest BCUT2D eigenvalue weighted by Crippen LogP contribution is 2.27. The van der Waals surface area contributed by atoms with Crippen LogP contribution < -0.4 is 15.6 Å². The van der Waals surface area contributed by atoms with Gasteiger partial charge >= 0.3 is 6.18 Å². The monoisotopic (exact) mass is 528 g/mol. The smallest absolute Gasteiger partial charge is 0.374 e. The number of aliphatic hydroxyl groups excluding tert-OH is 1. The van der Waals surface area contributed by atoms with Gasteiger partial charge in [0.1, 0.15) is 29.7 Å². The number of nitrogens with zero attached hydrogens (tertiary/aromatic N) is 3. The summed E-state index contributed by atoms with van der Waals surface area (Å²) in [6.07, 6.45) is -7.99. The summed E-state index contributed by atoms with van der Waals surface area (Å²) in [5.74, 6) is -2.46. The number of ketones is 1. The number of hydrogen-bond acceptors (Lipinski definition) is 6. The number of pyridine rings is 2. The van der Waals surface area contributed by atoms with E-state index in [2.05, 4.69) is 4.98 Å². The Morgan fingerprint density at radius 2 is 1.92 bits per heavy atom. The third-order valence-electron chi connectivity index (χ3n) is 6.16. The molecule has 0 amide bonds. The van der Waals surface area contributed by atoms with E-state index in [0.717, 1.165) is 22.9 Å². The van der Waals surface area contributed by atoms with E-state index in [1.807, 2.05) is 5.32 Å². The van der Waals surface area contributed by atoms with Crippen LogP contribution in [0.5, 0.6) is 0 Å². The van der Waals surface area contributed by atoms with E-state index in [0.29, 0.717) is 6.07 Å². The second kappa shape index (κ2) is 10.1. The van der Waals surface area contributed by atoms with Crippen LogP contribution >= 0.6 is 0 Å². The van der Waals surface area contributed by atoms with Gasteiger partial charge < -0.3 is 10.0 Å². The van der Waals surface area contributed by atoms with E-state index in [-0.39, 0.29) is 42.0 Å². The van der Waals surface area contributed by atoms with Gasteiger partial charge in [0.2, 0.25) is 0 Å².